The van der Waals surface area contributed by atoms with Crippen molar-refractivity contribution in [2.24, 2.45) is 0 Å². The maximum absolute atomic E-state index is 12.9. The van der Waals surface area contributed by atoms with Crippen molar-refractivity contribution in [3.8, 4) is 0 Å². The summed E-state index contributed by atoms with van der Waals surface area (Å²) in [5.74, 6) is 0.344. The quantitative estimate of drug-likeness (QED) is 0.747. The van der Waals surface area contributed by atoms with Gasteiger partial charge in [-0.15, -0.1) is 11.3 Å². The molecule has 0 saturated heterocycles. The van der Waals surface area contributed by atoms with E-state index in [2.05, 4.69) is 20.6 Å². The molecule has 7 nitrogen and oxygen atoms in total. The highest BCUT2D eigenvalue weighted by atomic mass is 32.1. The topological polar surface area (TPSA) is 88.9 Å². The minimum Gasteiger partial charge on any atom is -0.335 e. The summed E-state index contributed by atoms with van der Waals surface area (Å²) in [7, 11) is 0. The predicted octanol–water partition coefficient (Wildman–Crippen LogP) is 2.34. The Bertz CT molecular complexity index is 1050. The number of anilines is 2. The lowest BCUT2D eigenvalue weighted by Gasteiger charge is -2.22. The molecule has 4 heterocycles. The van der Waals surface area contributed by atoms with Gasteiger partial charge in [0.1, 0.15) is 34.0 Å². The molecule has 4 rings (SSSR count). The standard InChI is InChI=1S/C16H15N5O2S/c1-8-6-10(15(23)21-11(8)13(22)20-16(21,2)3)19-12-9-4-5-24-14(9)18-7-17-12/h4-7H,1-3H3,(H,20,22)(H,17,18,19). The highest BCUT2D eigenvalue weighted by Gasteiger charge is 2.37. The van der Waals surface area contributed by atoms with Gasteiger partial charge in [0, 0.05) is 0 Å². The third-order valence-corrected chi connectivity index (χ3v) is 4.92. The molecule has 0 spiro atoms. The minimum atomic E-state index is -0.769. The Kier molecular flexibility index (Phi) is 3.01. The summed E-state index contributed by atoms with van der Waals surface area (Å²) in [6.45, 7) is 5.42. The smallest absolute Gasteiger partial charge is 0.276 e. The molecule has 0 bridgehead atoms. The second-order valence-electron chi connectivity index (χ2n) is 6.23. The number of hydrogen-bond donors (Lipinski definition) is 2. The Hall–Kier alpha value is -2.74. The molecule has 0 aliphatic carbocycles. The third kappa shape index (κ3) is 2.03. The first-order chi connectivity index (χ1) is 11.4. The Morgan fingerprint density at radius 2 is 2.08 bits per heavy atom. The van der Waals surface area contributed by atoms with Crippen molar-refractivity contribution in [3.05, 3.63) is 45.5 Å². The fraction of sp³-hybridized carbons (Fsp3) is 0.250. The van der Waals surface area contributed by atoms with E-state index < -0.39 is 5.66 Å². The van der Waals surface area contributed by atoms with Crippen molar-refractivity contribution < 1.29 is 4.79 Å². The summed E-state index contributed by atoms with van der Waals surface area (Å²) < 4.78 is 1.50. The number of rotatable bonds is 2. The molecule has 3 aromatic heterocycles. The molecule has 0 aromatic carbocycles. The number of carbonyl (C=O) groups is 1. The average Bonchev–Trinajstić information content (AvgIpc) is 3.07. The SMILES string of the molecule is Cc1cc(Nc2ncnc3sccc23)c(=O)n2c1C(=O)NC2(C)C. The van der Waals surface area contributed by atoms with Gasteiger partial charge in [0.15, 0.2) is 0 Å². The van der Waals surface area contributed by atoms with E-state index in [1.165, 1.54) is 22.2 Å². The molecule has 0 radical (unpaired) electrons. The normalized spacial score (nSPS) is 15.4. The lowest BCUT2D eigenvalue weighted by atomic mass is 10.1. The number of aryl methyl sites for hydroxylation is 1. The molecule has 24 heavy (non-hydrogen) atoms. The Morgan fingerprint density at radius 1 is 1.29 bits per heavy atom. The molecule has 0 fully saturated rings. The highest BCUT2D eigenvalue weighted by molar-refractivity contribution is 7.16. The second kappa shape index (κ2) is 4.88. The molecule has 0 unspecified atom stereocenters. The van der Waals surface area contributed by atoms with E-state index >= 15 is 0 Å². The van der Waals surface area contributed by atoms with Crippen LogP contribution in [0, 0.1) is 6.92 Å². The van der Waals surface area contributed by atoms with Gasteiger partial charge in [0.25, 0.3) is 11.5 Å². The van der Waals surface area contributed by atoms with E-state index in [-0.39, 0.29) is 11.5 Å². The first-order valence-corrected chi connectivity index (χ1v) is 8.31. The van der Waals surface area contributed by atoms with E-state index in [1.54, 1.807) is 19.9 Å². The van der Waals surface area contributed by atoms with Gasteiger partial charge in [-0.2, -0.15) is 0 Å². The summed E-state index contributed by atoms with van der Waals surface area (Å²) >= 11 is 1.51. The summed E-state index contributed by atoms with van der Waals surface area (Å²) in [5, 5.41) is 8.72. The number of aromatic nitrogens is 3. The lowest BCUT2D eigenvalue weighted by Crippen LogP contribution is -2.42. The van der Waals surface area contributed by atoms with Gasteiger partial charge >= 0.3 is 0 Å². The summed E-state index contributed by atoms with van der Waals surface area (Å²) in [5.41, 5.74) is 0.484. The molecule has 0 atom stereocenters. The number of fused-ring (bicyclic) bond motifs is 2. The molecule has 1 aliphatic rings. The van der Waals surface area contributed by atoms with E-state index in [4.69, 9.17) is 0 Å². The summed E-state index contributed by atoms with van der Waals surface area (Å²) in [6.07, 6.45) is 1.47. The molecular formula is C16H15N5O2S. The maximum atomic E-state index is 12.9. The van der Waals surface area contributed by atoms with Crippen molar-refractivity contribution in [1.29, 1.82) is 0 Å². The monoisotopic (exact) mass is 341 g/mol. The van der Waals surface area contributed by atoms with Gasteiger partial charge in [-0.1, -0.05) is 0 Å². The highest BCUT2D eigenvalue weighted by Crippen LogP contribution is 2.28. The van der Waals surface area contributed by atoms with Crippen molar-refractivity contribution in [1.82, 2.24) is 19.9 Å². The number of amides is 1. The third-order valence-electron chi connectivity index (χ3n) is 4.10. The largest absolute Gasteiger partial charge is 0.335 e. The zero-order valence-corrected chi connectivity index (χ0v) is 14.2. The number of hydrogen-bond acceptors (Lipinski definition) is 6. The maximum Gasteiger partial charge on any atom is 0.276 e. The lowest BCUT2D eigenvalue weighted by molar-refractivity contribution is 0.0934. The van der Waals surface area contributed by atoms with Crippen LogP contribution in [0.15, 0.2) is 28.6 Å². The first-order valence-electron chi connectivity index (χ1n) is 7.43. The zero-order valence-electron chi connectivity index (χ0n) is 13.4. The minimum absolute atomic E-state index is 0.233. The Labute approximate surface area is 141 Å². The second-order valence-corrected chi connectivity index (χ2v) is 7.12. The van der Waals surface area contributed by atoms with Crippen LogP contribution in [0.4, 0.5) is 11.5 Å². The summed E-state index contributed by atoms with van der Waals surface area (Å²) in [4.78, 5) is 34.4. The first kappa shape index (κ1) is 14.8. The predicted molar refractivity (Wildman–Crippen MR) is 92.9 cm³/mol. The van der Waals surface area contributed by atoms with E-state index in [9.17, 15) is 9.59 Å². The van der Waals surface area contributed by atoms with Crippen LogP contribution in [0.25, 0.3) is 10.2 Å². The Balaban J connectivity index is 1.89. The van der Waals surface area contributed by atoms with E-state index in [0.29, 0.717) is 17.2 Å². The van der Waals surface area contributed by atoms with E-state index in [0.717, 1.165) is 15.8 Å². The van der Waals surface area contributed by atoms with Crippen LogP contribution in [0.2, 0.25) is 0 Å². The van der Waals surface area contributed by atoms with Crippen LogP contribution in [-0.4, -0.2) is 20.4 Å². The average molecular weight is 341 g/mol. The van der Waals surface area contributed by atoms with Crippen molar-refractivity contribution in [2.45, 2.75) is 26.4 Å². The molecule has 122 valence electrons. The van der Waals surface area contributed by atoms with Crippen LogP contribution < -0.4 is 16.2 Å². The fourth-order valence-corrected chi connectivity index (χ4v) is 3.79. The van der Waals surface area contributed by atoms with Crippen LogP contribution in [0.3, 0.4) is 0 Å². The number of carbonyl (C=O) groups excluding carboxylic acids is 1. The van der Waals surface area contributed by atoms with Gasteiger partial charge in [-0.25, -0.2) is 9.97 Å². The molecule has 8 heteroatoms. The van der Waals surface area contributed by atoms with Gasteiger partial charge in [-0.3, -0.25) is 14.2 Å². The van der Waals surface area contributed by atoms with Gasteiger partial charge in [-0.05, 0) is 43.8 Å². The van der Waals surface area contributed by atoms with Crippen molar-refractivity contribution in [3.63, 3.8) is 0 Å². The molecular weight excluding hydrogens is 326 g/mol. The molecule has 3 aromatic rings. The number of nitrogens with zero attached hydrogens (tertiary/aromatic N) is 3. The van der Waals surface area contributed by atoms with E-state index in [1.807, 2.05) is 18.4 Å². The summed E-state index contributed by atoms with van der Waals surface area (Å²) in [6, 6.07) is 3.60. The molecule has 2 N–H and O–H groups in total. The van der Waals surface area contributed by atoms with Crippen LogP contribution in [0.1, 0.15) is 29.9 Å². The van der Waals surface area contributed by atoms with Gasteiger partial charge < -0.3 is 10.6 Å². The van der Waals surface area contributed by atoms with Gasteiger partial charge in [0.05, 0.1) is 5.39 Å². The number of pyridine rings is 1. The van der Waals surface area contributed by atoms with Crippen LogP contribution in [-0.2, 0) is 5.66 Å². The van der Waals surface area contributed by atoms with Crippen LogP contribution >= 0.6 is 11.3 Å². The molecule has 0 saturated carbocycles. The van der Waals surface area contributed by atoms with Gasteiger partial charge in [0.2, 0.25) is 0 Å². The van der Waals surface area contributed by atoms with Crippen LogP contribution in [0.5, 0.6) is 0 Å². The number of nitrogens with one attached hydrogen (secondary N) is 2. The number of thiophene rings is 1. The van der Waals surface area contributed by atoms with Crippen molar-refractivity contribution >= 4 is 39.0 Å². The zero-order chi connectivity index (χ0) is 17.1. The van der Waals surface area contributed by atoms with Crippen molar-refractivity contribution in [2.75, 3.05) is 5.32 Å². The molecule has 1 amide bonds. The Morgan fingerprint density at radius 3 is 2.88 bits per heavy atom. The molecule has 1 aliphatic heterocycles. The fourth-order valence-electron chi connectivity index (χ4n) is 3.06.